The van der Waals surface area contributed by atoms with E-state index < -0.39 is 0 Å². The quantitative estimate of drug-likeness (QED) is 0.832. The molecule has 0 radical (unpaired) electrons. The van der Waals surface area contributed by atoms with Gasteiger partial charge in [-0.15, -0.1) is 0 Å². The number of hydrogen-bond donors (Lipinski definition) is 0. The van der Waals surface area contributed by atoms with Crippen LogP contribution in [0.25, 0.3) is 0 Å². The van der Waals surface area contributed by atoms with Crippen molar-refractivity contribution in [2.24, 2.45) is 0 Å². The van der Waals surface area contributed by atoms with Gasteiger partial charge in [-0.2, -0.15) is 0 Å². The first-order valence-corrected chi connectivity index (χ1v) is 4.96. The lowest BCUT2D eigenvalue weighted by Gasteiger charge is -2.05. The molecule has 1 rings (SSSR count). The zero-order valence-electron chi connectivity index (χ0n) is 7.72. The zero-order chi connectivity index (χ0) is 10.6. The molecule has 0 atom stereocenters. The van der Waals surface area contributed by atoms with Crippen molar-refractivity contribution in [3.05, 3.63) is 28.5 Å². The van der Waals surface area contributed by atoms with Gasteiger partial charge in [0.05, 0.1) is 11.1 Å². The molecule has 0 aliphatic rings. The van der Waals surface area contributed by atoms with E-state index >= 15 is 0 Å². The maximum atomic E-state index is 12.8. The fraction of sp³-hybridized carbons (Fsp3) is 0.300. The van der Waals surface area contributed by atoms with Crippen molar-refractivity contribution in [2.75, 3.05) is 6.61 Å². The monoisotopic (exact) mass is 260 g/mol. The fourth-order valence-corrected chi connectivity index (χ4v) is 1.24. The molecule has 14 heavy (non-hydrogen) atoms. The number of Topliss-reactive ketones (excluding diaryl/α,β-unsaturated/α-hetero) is 1. The predicted octanol–water partition coefficient (Wildman–Crippen LogP) is 2.95. The molecule has 0 bridgehead atoms. The Morgan fingerprint density at radius 3 is 2.86 bits per heavy atom. The average molecular weight is 261 g/mol. The Kier molecular flexibility index (Phi) is 4.07. The lowest BCUT2D eigenvalue weighted by molar-refractivity contribution is -0.117. The van der Waals surface area contributed by atoms with Crippen LogP contribution in [0.15, 0.2) is 22.7 Å². The summed E-state index contributed by atoms with van der Waals surface area (Å²) in [5.41, 5.74) is 0. The van der Waals surface area contributed by atoms with Crippen LogP contribution in [0.3, 0.4) is 0 Å². The van der Waals surface area contributed by atoms with Gasteiger partial charge in [-0.3, -0.25) is 4.79 Å². The molecule has 4 heteroatoms. The summed E-state index contributed by atoms with van der Waals surface area (Å²) in [6, 6.07) is 4.38. The van der Waals surface area contributed by atoms with Gasteiger partial charge in [0, 0.05) is 6.42 Å². The van der Waals surface area contributed by atoms with E-state index in [1.165, 1.54) is 25.1 Å². The summed E-state index contributed by atoms with van der Waals surface area (Å²) in [7, 11) is 0. The first-order valence-electron chi connectivity index (χ1n) is 4.17. The van der Waals surface area contributed by atoms with Crippen LogP contribution in [0, 0.1) is 5.82 Å². The van der Waals surface area contributed by atoms with Crippen LogP contribution in [0.5, 0.6) is 5.75 Å². The topological polar surface area (TPSA) is 26.3 Å². The molecule has 0 saturated carbocycles. The Bertz CT molecular complexity index is 339. The SMILES string of the molecule is CC(=O)CCOc1ccc(F)c(Br)c1. The van der Waals surface area contributed by atoms with Crippen LogP contribution in [-0.2, 0) is 4.79 Å². The molecule has 0 fully saturated rings. The van der Waals surface area contributed by atoms with Crippen LogP contribution in [0.1, 0.15) is 13.3 Å². The number of benzene rings is 1. The Balaban J connectivity index is 2.51. The highest BCUT2D eigenvalue weighted by atomic mass is 79.9. The highest BCUT2D eigenvalue weighted by molar-refractivity contribution is 9.10. The zero-order valence-corrected chi connectivity index (χ0v) is 9.30. The average Bonchev–Trinajstić information content (AvgIpc) is 2.10. The molecule has 1 aromatic rings. The molecular formula is C10H10BrFO2. The third-order valence-corrected chi connectivity index (χ3v) is 2.22. The Hall–Kier alpha value is -0.900. The van der Waals surface area contributed by atoms with E-state index in [1.807, 2.05) is 0 Å². The molecule has 0 heterocycles. The summed E-state index contributed by atoms with van der Waals surface area (Å²) in [5, 5.41) is 0. The lowest BCUT2D eigenvalue weighted by atomic mass is 10.3. The molecule has 0 saturated heterocycles. The Labute approximate surface area is 90.2 Å². The molecular weight excluding hydrogens is 251 g/mol. The van der Waals surface area contributed by atoms with E-state index in [0.29, 0.717) is 23.2 Å². The van der Waals surface area contributed by atoms with Gasteiger partial charge in [-0.05, 0) is 41.1 Å². The molecule has 0 aromatic heterocycles. The molecule has 0 N–H and O–H groups in total. The highest BCUT2D eigenvalue weighted by Gasteiger charge is 2.01. The molecule has 0 aliphatic heterocycles. The Morgan fingerprint density at radius 1 is 1.57 bits per heavy atom. The van der Waals surface area contributed by atoms with Crippen molar-refractivity contribution in [3.8, 4) is 5.75 Å². The highest BCUT2D eigenvalue weighted by Crippen LogP contribution is 2.21. The third kappa shape index (κ3) is 3.46. The van der Waals surface area contributed by atoms with Crippen LogP contribution >= 0.6 is 15.9 Å². The van der Waals surface area contributed by atoms with Crippen LogP contribution in [0.2, 0.25) is 0 Å². The number of ether oxygens (including phenoxy) is 1. The van der Waals surface area contributed by atoms with Gasteiger partial charge >= 0.3 is 0 Å². The summed E-state index contributed by atoms with van der Waals surface area (Å²) < 4.78 is 18.4. The number of hydrogen-bond acceptors (Lipinski definition) is 2. The molecule has 76 valence electrons. The smallest absolute Gasteiger partial charge is 0.137 e. The largest absolute Gasteiger partial charge is 0.493 e. The molecule has 0 spiro atoms. The standard InChI is InChI=1S/C10H10BrFO2/c1-7(13)4-5-14-8-2-3-10(12)9(11)6-8/h2-3,6H,4-5H2,1H3. The maximum absolute atomic E-state index is 12.8. The van der Waals surface area contributed by atoms with Gasteiger partial charge in [0.2, 0.25) is 0 Å². The van der Waals surface area contributed by atoms with Crippen molar-refractivity contribution in [1.82, 2.24) is 0 Å². The minimum Gasteiger partial charge on any atom is -0.493 e. The number of carbonyl (C=O) groups excluding carboxylic acids is 1. The van der Waals surface area contributed by atoms with E-state index in [4.69, 9.17) is 4.74 Å². The van der Waals surface area contributed by atoms with Crippen molar-refractivity contribution in [1.29, 1.82) is 0 Å². The lowest BCUT2D eigenvalue weighted by Crippen LogP contribution is -2.02. The van der Waals surface area contributed by atoms with E-state index in [1.54, 1.807) is 0 Å². The van der Waals surface area contributed by atoms with E-state index in [-0.39, 0.29) is 11.6 Å². The van der Waals surface area contributed by atoms with Gasteiger partial charge in [-0.25, -0.2) is 4.39 Å². The Morgan fingerprint density at radius 2 is 2.29 bits per heavy atom. The molecule has 0 aliphatic carbocycles. The van der Waals surface area contributed by atoms with Gasteiger partial charge in [0.25, 0.3) is 0 Å². The van der Waals surface area contributed by atoms with Gasteiger partial charge in [-0.1, -0.05) is 0 Å². The number of halogens is 2. The molecule has 0 amide bonds. The summed E-state index contributed by atoms with van der Waals surface area (Å²) in [6.45, 7) is 1.83. The number of rotatable bonds is 4. The van der Waals surface area contributed by atoms with Crippen molar-refractivity contribution in [2.45, 2.75) is 13.3 Å². The minimum absolute atomic E-state index is 0.0752. The second kappa shape index (κ2) is 5.10. The second-order valence-electron chi connectivity index (χ2n) is 2.88. The first kappa shape index (κ1) is 11.2. The number of ketones is 1. The van der Waals surface area contributed by atoms with Crippen molar-refractivity contribution in [3.63, 3.8) is 0 Å². The van der Waals surface area contributed by atoms with Gasteiger partial charge < -0.3 is 4.74 Å². The van der Waals surface area contributed by atoms with Crippen LogP contribution < -0.4 is 4.74 Å². The molecule has 0 unspecified atom stereocenters. The van der Waals surface area contributed by atoms with Gasteiger partial charge in [0.15, 0.2) is 0 Å². The maximum Gasteiger partial charge on any atom is 0.137 e. The molecule has 2 nitrogen and oxygen atoms in total. The second-order valence-corrected chi connectivity index (χ2v) is 3.73. The summed E-state index contributed by atoms with van der Waals surface area (Å²) in [4.78, 5) is 10.6. The van der Waals surface area contributed by atoms with Crippen molar-refractivity contribution < 1.29 is 13.9 Å². The van der Waals surface area contributed by atoms with E-state index in [9.17, 15) is 9.18 Å². The normalized spacial score (nSPS) is 9.93. The fourth-order valence-electron chi connectivity index (χ4n) is 0.879. The van der Waals surface area contributed by atoms with Crippen LogP contribution in [-0.4, -0.2) is 12.4 Å². The minimum atomic E-state index is -0.330. The summed E-state index contributed by atoms with van der Waals surface area (Å²) >= 11 is 3.04. The summed E-state index contributed by atoms with van der Waals surface area (Å²) in [5.74, 6) is 0.301. The van der Waals surface area contributed by atoms with Crippen LogP contribution in [0.4, 0.5) is 4.39 Å². The van der Waals surface area contributed by atoms with E-state index in [2.05, 4.69) is 15.9 Å². The predicted molar refractivity (Wildman–Crippen MR) is 54.9 cm³/mol. The van der Waals surface area contributed by atoms with Gasteiger partial charge in [0.1, 0.15) is 17.3 Å². The first-order chi connectivity index (χ1) is 6.59. The summed E-state index contributed by atoms with van der Waals surface area (Å²) in [6.07, 6.45) is 0.370. The molecule has 1 aromatic carbocycles. The number of carbonyl (C=O) groups is 1. The van der Waals surface area contributed by atoms with Crippen molar-refractivity contribution >= 4 is 21.7 Å². The third-order valence-electron chi connectivity index (χ3n) is 1.61. The van der Waals surface area contributed by atoms with E-state index in [0.717, 1.165) is 0 Å².